The molecule has 0 aliphatic heterocycles. The van der Waals surface area contributed by atoms with Crippen LogP contribution < -0.4 is 4.68 Å². The number of hydrogen-bond acceptors (Lipinski definition) is 1. The second-order valence-electron chi connectivity index (χ2n) is 3.12. The molecule has 0 bridgehead atoms. The molecule has 1 aromatic carbocycles. The topological polar surface area (TPSA) is 21.7 Å². The van der Waals surface area contributed by atoms with Crippen molar-refractivity contribution in [1.82, 2.24) is 9.90 Å². The van der Waals surface area contributed by atoms with Crippen LogP contribution in [0.25, 0.3) is 11.0 Å². The highest BCUT2D eigenvalue weighted by molar-refractivity contribution is 6.50. The molecular weight excluding hydrogens is 225 g/mol. The Kier molecular flexibility index (Phi) is 3.51. The zero-order chi connectivity index (χ0) is 12.3. The van der Waals surface area contributed by atoms with E-state index in [4.69, 9.17) is 0 Å². The fourth-order valence-corrected chi connectivity index (χ4v) is 1.31. The normalized spacial score (nSPS) is 11.1. The number of fused-ring (bicyclic) bond motifs is 1. The largest absolute Gasteiger partial charge is 0.673 e. The predicted octanol–water partition coefficient (Wildman–Crippen LogP) is 1.70. The third-order valence-electron chi connectivity index (χ3n) is 1.85. The molecule has 0 radical (unpaired) electrons. The van der Waals surface area contributed by atoms with E-state index in [0.717, 1.165) is 11.0 Å². The van der Waals surface area contributed by atoms with Gasteiger partial charge in [-0.25, -0.2) is 0 Å². The van der Waals surface area contributed by atoms with Gasteiger partial charge in [0.1, 0.15) is 14.1 Å². The Hall–Kier alpha value is -1.60. The van der Waals surface area contributed by atoms with Crippen LogP contribution in [0.2, 0.25) is 0 Å². The van der Waals surface area contributed by atoms with Gasteiger partial charge < -0.3 is 17.3 Å². The van der Waals surface area contributed by atoms with Crippen LogP contribution in [0.5, 0.6) is 0 Å². The molecule has 16 heavy (non-hydrogen) atoms. The van der Waals surface area contributed by atoms with E-state index in [1.807, 2.05) is 35.6 Å². The highest BCUT2D eigenvalue weighted by Crippen LogP contribution is 2.06. The molecule has 0 unspecified atom stereocenters. The van der Waals surface area contributed by atoms with Crippen molar-refractivity contribution in [2.45, 2.75) is 0 Å². The first-order valence-corrected chi connectivity index (χ1v) is 4.44. The van der Waals surface area contributed by atoms with Gasteiger partial charge >= 0.3 is 7.25 Å². The smallest absolute Gasteiger partial charge is 0.418 e. The van der Waals surface area contributed by atoms with E-state index < -0.39 is 7.25 Å². The van der Waals surface area contributed by atoms with Crippen LogP contribution in [-0.4, -0.2) is 17.1 Å². The van der Waals surface area contributed by atoms with E-state index >= 15 is 0 Å². The minimum atomic E-state index is -6.00. The van der Waals surface area contributed by atoms with Crippen molar-refractivity contribution in [2.75, 3.05) is 0 Å². The first-order valence-electron chi connectivity index (χ1n) is 4.44. The van der Waals surface area contributed by atoms with Crippen LogP contribution in [0.3, 0.4) is 0 Å². The molecule has 0 amide bonds. The van der Waals surface area contributed by atoms with Gasteiger partial charge in [0.05, 0.1) is 5.21 Å². The van der Waals surface area contributed by atoms with E-state index in [-0.39, 0.29) is 0 Å². The molecule has 8 heteroatoms. The number of nitrogens with zero attached hydrogens (tertiary/aromatic N) is 3. The maximum absolute atomic E-state index is 9.75. The number of halogens is 4. The van der Waals surface area contributed by atoms with Crippen molar-refractivity contribution in [3.63, 3.8) is 0 Å². The summed E-state index contributed by atoms with van der Waals surface area (Å²) in [4.78, 5) is 0. The molecule has 0 spiro atoms. The summed E-state index contributed by atoms with van der Waals surface area (Å²) in [6.45, 7) is 0. The highest BCUT2D eigenvalue weighted by Gasteiger charge is 2.20. The molecule has 1 heterocycles. The Labute approximate surface area is 89.4 Å². The summed E-state index contributed by atoms with van der Waals surface area (Å²) in [6, 6.07) is 8.15. The predicted molar refractivity (Wildman–Crippen MR) is 52.1 cm³/mol. The Morgan fingerprint density at radius 2 is 1.69 bits per heavy atom. The molecule has 0 aliphatic carbocycles. The molecule has 88 valence electrons. The Morgan fingerprint density at radius 1 is 1.19 bits per heavy atom. The maximum atomic E-state index is 9.75. The molecule has 0 aliphatic rings. The number of benzene rings is 1. The molecule has 0 saturated carbocycles. The van der Waals surface area contributed by atoms with E-state index in [2.05, 4.69) is 17.3 Å². The molecule has 0 N–H and O–H groups in total. The van der Waals surface area contributed by atoms with Crippen LogP contribution in [0.15, 0.2) is 24.3 Å². The molecule has 2 rings (SSSR count). The van der Waals surface area contributed by atoms with E-state index in [0.29, 0.717) is 0 Å². The Bertz CT molecular complexity index is 438. The van der Waals surface area contributed by atoms with Gasteiger partial charge in [0, 0.05) is 0 Å². The maximum Gasteiger partial charge on any atom is 0.673 e. The number of aryl methyl sites for hydroxylation is 2. The summed E-state index contributed by atoms with van der Waals surface area (Å²) in [7, 11) is -2.11. The monoisotopic (exact) mass is 235 g/mol. The van der Waals surface area contributed by atoms with Gasteiger partial charge in [-0.3, -0.25) is 0 Å². The molecule has 0 fully saturated rings. The third-order valence-corrected chi connectivity index (χ3v) is 1.85. The van der Waals surface area contributed by atoms with Gasteiger partial charge in [0.25, 0.3) is 0 Å². The Balaban J connectivity index is 0.000000221. The summed E-state index contributed by atoms with van der Waals surface area (Å²) >= 11 is 0. The van der Waals surface area contributed by atoms with Crippen LogP contribution in [-0.2, 0) is 14.1 Å². The van der Waals surface area contributed by atoms with Gasteiger partial charge in [-0.15, -0.1) is 9.36 Å². The van der Waals surface area contributed by atoms with E-state index in [9.17, 15) is 17.3 Å². The van der Waals surface area contributed by atoms with Crippen molar-refractivity contribution in [2.24, 2.45) is 14.1 Å². The second-order valence-corrected chi connectivity index (χ2v) is 3.12. The van der Waals surface area contributed by atoms with E-state index in [1.54, 1.807) is 0 Å². The number of hydrogen-bond donors (Lipinski definition) is 0. The van der Waals surface area contributed by atoms with Crippen LogP contribution >= 0.6 is 0 Å². The number of para-hydroxylation sites is 2. The number of rotatable bonds is 0. The van der Waals surface area contributed by atoms with Gasteiger partial charge in [0.15, 0.2) is 11.0 Å². The lowest BCUT2D eigenvalue weighted by Gasteiger charge is -1.94. The molecule has 0 saturated heterocycles. The minimum absolute atomic E-state index is 1.16. The highest BCUT2D eigenvalue weighted by atomic mass is 19.5. The lowest BCUT2D eigenvalue weighted by molar-refractivity contribution is -0.708. The van der Waals surface area contributed by atoms with Crippen molar-refractivity contribution in [1.29, 1.82) is 0 Å². The lowest BCUT2D eigenvalue weighted by Crippen LogP contribution is -2.31. The van der Waals surface area contributed by atoms with Crippen molar-refractivity contribution < 1.29 is 21.9 Å². The summed E-state index contributed by atoms with van der Waals surface area (Å²) in [5.74, 6) is 0. The van der Waals surface area contributed by atoms with Crippen molar-refractivity contribution in [3.8, 4) is 0 Å². The first kappa shape index (κ1) is 12.5. The Morgan fingerprint density at radius 3 is 2.19 bits per heavy atom. The molecular formula is C8H10BF4N3. The first-order chi connectivity index (χ1) is 7.29. The molecule has 2 aromatic rings. The van der Waals surface area contributed by atoms with Crippen LogP contribution in [0, 0.1) is 0 Å². The van der Waals surface area contributed by atoms with Crippen LogP contribution in [0.4, 0.5) is 17.3 Å². The zero-order valence-electron chi connectivity index (χ0n) is 8.74. The van der Waals surface area contributed by atoms with Gasteiger partial charge in [-0.2, -0.15) is 0 Å². The van der Waals surface area contributed by atoms with Gasteiger partial charge in [-0.1, -0.05) is 12.1 Å². The summed E-state index contributed by atoms with van der Waals surface area (Å²) in [6.07, 6.45) is 0. The van der Waals surface area contributed by atoms with Crippen molar-refractivity contribution >= 4 is 18.3 Å². The standard InChI is InChI=1S/C8H10N3.BF4/c1-10-7-5-3-4-6-8(7)11(2)9-10;2-1(3,4)5/h3-6H,1-2H3;/q+1;-1. The fraction of sp³-hybridized carbons (Fsp3) is 0.250. The average molecular weight is 235 g/mol. The minimum Gasteiger partial charge on any atom is -0.418 e. The van der Waals surface area contributed by atoms with Gasteiger partial charge in [-0.05, 0) is 12.1 Å². The molecule has 1 aromatic heterocycles. The van der Waals surface area contributed by atoms with E-state index in [1.165, 1.54) is 0 Å². The fourth-order valence-electron chi connectivity index (χ4n) is 1.31. The lowest BCUT2D eigenvalue weighted by atomic mass is 10.3. The SMILES string of the molecule is Cn1n[n+](C)c2ccccc21.F[B-](F)(F)F. The summed E-state index contributed by atoms with van der Waals surface area (Å²) in [5.41, 5.74) is 2.32. The number of aromatic nitrogens is 3. The summed E-state index contributed by atoms with van der Waals surface area (Å²) in [5, 5.41) is 4.22. The quantitative estimate of drug-likeness (QED) is 0.387. The molecule has 3 nitrogen and oxygen atoms in total. The second kappa shape index (κ2) is 4.50. The zero-order valence-corrected chi connectivity index (χ0v) is 8.74. The van der Waals surface area contributed by atoms with Crippen molar-refractivity contribution in [3.05, 3.63) is 24.3 Å². The van der Waals surface area contributed by atoms with Gasteiger partial charge in [0.2, 0.25) is 0 Å². The van der Waals surface area contributed by atoms with Crippen LogP contribution in [0.1, 0.15) is 0 Å². The third kappa shape index (κ3) is 3.52. The average Bonchev–Trinajstić information content (AvgIpc) is 2.41. The molecule has 0 atom stereocenters. The summed E-state index contributed by atoms with van der Waals surface area (Å²) < 4.78 is 42.7.